The maximum absolute atomic E-state index is 11.6. The lowest BCUT2D eigenvalue weighted by molar-refractivity contribution is -0.119. The summed E-state index contributed by atoms with van der Waals surface area (Å²) in [7, 11) is 3.74. The number of carbonyl (C=O) groups is 2. The average molecular weight is 270 g/mol. The van der Waals surface area contributed by atoms with Crippen molar-refractivity contribution in [2.45, 2.75) is 6.42 Å². The van der Waals surface area contributed by atoms with Gasteiger partial charge in [0.25, 0.3) is 0 Å². The second kappa shape index (κ2) is 6.86. The van der Waals surface area contributed by atoms with Gasteiger partial charge in [-0.1, -0.05) is 12.1 Å². The Kier molecular flexibility index (Phi) is 5.45. The second-order valence-corrected chi connectivity index (χ2v) is 4.23. The lowest BCUT2D eigenvalue weighted by Crippen LogP contribution is -2.34. The summed E-state index contributed by atoms with van der Waals surface area (Å²) in [6.45, 7) is 0. The minimum Gasteiger partial charge on any atom is -0.376 e. The molecule has 0 saturated heterocycles. The number of benzene rings is 1. The summed E-state index contributed by atoms with van der Waals surface area (Å²) in [5, 5.41) is 4.83. The van der Waals surface area contributed by atoms with Crippen LogP contribution in [0.2, 0.25) is 0 Å². The van der Waals surface area contributed by atoms with E-state index in [1.807, 2.05) is 37.2 Å². The lowest BCUT2D eigenvalue weighted by atomic mass is 10.2. The number of anilines is 2. The van der Waals surface area contributed by atoms with Crippen molar-refractivity contribution in [3.8, 4) is 0 Å². The van der Waals surface area contributed by atoms with E-state index in [0.717, 1.165) is 5.69 Å². The molecule has 0 bridgehead atoms. The van der Waals surface area contributed by atoms with Crippen molar-refractivity contribution in [1.82, 2.24) is 5.32 Å². The Balaban J connectivity index is 2.67. The van der Waals surface area contributed by atoms with Crippen molar-refractivity contribution in [3.63, 3.8) is 0 Å². The molecule has 0 aliphatic heterocycles. The van der Waals surface area contributed by atoms with Crippen molar-refractivity contribution in [1.29, 1.82) is 0 Å². The molecule has 0 atom stereocenters. The largest absolute Gasteiger partial charge is 0.376 e. The Labute approximate surface area is 111 Å². The summed E-state index contributed by atoms with van der Waals surface area (Å²) in [5.41, 5.74) is 1.50. The molecule has 2 N–H and O–H groups in total. The SMILES string of the molecule is CN(C)c1ccccc1NC(=O)NC(=O)CCCl. The topological polar surface area (TPSA) is 61.4 Å². The van der Waals surface area contributed by atoms with E-state index >= 15 is 0 Å². The zero-order chi connectivity index (χ0) is 13.5. The number of halogens is 1. The summed E-state index contributed by atoms with van der Waals surface area (Å²) in [4.78, 5) is 24.6. The van der Waals surface area contributed by atoms with Gasteiger partial charge in [0, 0.05) is 26.4 Å². The molecular formula is C12H16ClN3O2. The van der Waals surface area contributed by atoms with Gasteiger partial charge in [0.05, 0.1) is 11.4 Å². The molecule has 98 valence electrons. The van der Waals surface area contributed by atoms with Gasteiger partial charge in [-0.15, -0.1) is 11.6 Å². The second-order valence-electron chi connectivity index (χ2n) is 3.85. The van der Waals surface area contributed by atoms with Gasteiger partial charge in [-0.2, -0.15) is 0 Å². The number of hydrogen-bond donors (Lipinski definition) is 2. The molecule has 0 fully saturated rings. The van der Waals surface area contributed by atoms with Crippen LogP contribution in [0.1, 0.15) is 6.42 Å². The first-order valence-corrected chi connectivity index (χ1v) is 6.01. The third-order valence-electron chi connectivity index (χ3n) is 2.21. The van der Waals surface area contributed by atoms with Gasteiger partial charge in [-0.25, -0.2) is 4.79 Å². The Hall–Kier alpha value is -1.75. The quantitative estimate of drug-likeness (QED) is 0.822. The number of rotatable bonds is 4. The number of nitrogens with zero attached hydrogens (tertiary/aromatic N) is 1. The molecule has 5 nitrogen and oxygen atoms in total. The van der Waals surface area contributed by atoms with E-state index in [1.165, 1.54) is 0 Å². The van der Waals surface area contributed by atoms with Crippen LogP contribution in [0.5, 0.6) is 0 Å². The third kappa shape index (κ3) is 4.25. The molecular weight excluding hydrogens is 254 g/mol. The van der Waals surface area contributed by atoms with E-state index in [-0.39, 0.29) is 12.3 Å². The number of amides is 3. The van der Waals surface area contributed by atoms with Crippen molar-refractivity contribution in [2.75, 3.05) is 30.2 Å². The molecule has 3 amide bonds. The molecule has 18 heavy (non-hydrogen) atoms. The van der Waals surface area contributed by atoms with Crippen LogP contribution in [0.15, 0.2) is 24.3 Å². The molecule has 0 aliphatic rings. The Morgan fingerprint density at radius 2 is 1.94 bits per heavy atom. The third-order valence-corrected chi connectivity index (χ3v) is 2.40. The molecule has 0 aromatic heterocycles. The van der Waals surface area contributed by atoms with Gasteiger partial charge in [-0.05, 0) is 12.1 Å². The lowest BCUT2D eigenvalue weighted by Gasteiger charge is -2.17. The molecule has 0 aliphatic carbocycles. The summed E-state index contributed by atoms with van der Waals surface area (Å²) in [6.07, 6.45) is 0.115. The molecule has 1 rings (SSSR count). The van der Waals surface area contributed by atoms with Crippen LogP contribution >= 0.6 is 11.6 Å². The van der Waals surface area contributed by atoms with E-state index < -0.39 is 11.9 Å². The van der Waals surface area contributed by atoms with Gasteiger partial charge in [-0.3, -0.25) is 10.1 Å². The molecule has 0 saturated carbocycles. The molecule has 0 radical (unpaired) electrons. The van der Waals surface area contributed by atoms with Crippen LogP contribution in [-0.4, -0.2) is 31.9 Å². The monoisotopic (exact) mass is 269 g/mol. The zero-order valence-corrected chi connectivity index (χ0v) is 11.1. The maximum Gasteiger partial charge on any atom is 0.325 e. The molecule has 0 unspecified atom stereocenters. The fraction of sp³-hybridized carbons (Fsp3) is 0.333. The first kappa shape index (κ1) is 14.3. The Morgan fingerprint density at radius 3 is 2.56 bits per heavy atom. The Bertz CT molecular complexity index is 435. The number of carbonyl (C=O) groups excluding carboxylic acids is 2. The van der Waals surface area contributed by atoms with Crippen molar-refractivity contribution in [2.24, 2.45) is 0 Å². The molecule has 1 aromatic rings. The van der Waals surface area contributed by atoms with E-state index in [4.69, 9.17) is 11.6 Å². The van der Waals surface area contributed by atoms with E-state index in [1.54, 1.807) is 6.07 Å². The standard InChI is InChI=1S/C12H16ClN3O2/c1-16(2)10-6-4-3-5-9(10)14-12(18)15-11(17)7-8-13/h3-6H,7-8H2,1-2H3,(H2,14,15,17,18). The van der Waals surface area contributed by atoms with Crippen LogP contribution in [0, 0.1) is 0 Å². The van der Waals surface area contributed by atoms with Gasteiger partial charge in [0.1, 0.15) is 0 Å². The highest BCUT2D eigenvalue weighted by molar-refractivity contribution is 6.19. The summed E-state index contributed by atoms with van der Waals surface area (Å²) >= 11 is 5.41. The highest BCUT2D eigenvalue weighted by Gasteiger charge is 2.10. The van der Waals surface area contributed by atoms with Crippen molar-refractivity contribution < 1.29 is 9.59 Å². The smallest absolute Gasteiger partial charge is 0.325 e. The van der Waals surface area contributed by atoms with Crippen molar-refractivity contribution >= 4 is 34.9 Å². The van der Waals surface area contributed by atoms with Crippen LogP contribution < -0.4 is 15.5 Å². The van der Waals surface area contributed by atoms with Gasteiger partial charge in [0.2, 0.25) is 5.91 Å². The minimum atomic E-state index is -0.556. The Morgan fingerprint density at radius 1 is 1.28 bits per heavy atom. The molecule has 0 spiro atoms. The predicted octanol–water partition coefficient (Wildman–Crippen LogP) is 2.03. The first-order chi connectivity index (χ1) is 8.54. The van der Waals surface area contributed by atoms with Crippen LogP contribution in [0.25, 0.3) is 0 Å². The number of urea groups is 1. The summed E-state index contributed by atoms with van der Waals surface area (Å²) in [6, 6.07) is 6.76. The van der Waals surface area contributed by atoms with E-state index in [2.05, 4.69) is 10.6 Å². The maximum atomic E-state index is 11.6. The number of para-hydroxylation sites is 2. The zero-order valence-electron chi connectivity index (χ0n) is 10.4. The predicted molar refractivity (Wildman–Crippen MR) is 73.3 cm³/mol. The van der Waals surface area contributed by atoms with Gasteiger partial charge < -0.3 is 10.2 Å². The van der Waals surface area contributed by atoms with Crippen LogP contribution in [0.4, 0.5) is 16.2 Å². The minimum absolute atomic E-state index is 0.115. The number of imide groups is 1. The molecule has 1 aromatic carbocycles. The number of alkyl halides is 1. The highest BCUT2D eigenvalue weighted by Crippen LogP contribution is 2.23. The first-order valence-electron chi connectivity index (χ1n) is 5.47. The number of hydrogen-bond acceptors (Lipinski definition) is 3. The molecule has 0 heterocycles. The van der Waals surface area contributed by atoms with E-state index in [9.17, 15) is 9.59 Å². The summed E-state index contributed by atoms with van der Waals surface area (Å²) < 4.78 is 0. The fourth-order valence-electron chi connectivity index (χ4n) is 1.40. The van der Waals surface area contributed by atoms with Gasteiger partial charge in [0.15, 0.2) is 0 Å². The van der Waals surface area contributed by atoms with E-state index in [0.29, 0.717) is 5.69 Å². The average Bonchev–Trinajstić information content (AvgIpc) is 2.29. The van der Waals surface area contributed by atoms with Gasteiger partial charge >= 0.3 is 6.03 Å². The summed E-state index contributed by atoms with van der Waals surface area (Å²) in [5.74, 6) is -0.210. The normalized spacial score (nSPS) is 9.72. The van der Waals surface area contributed by atoms with Crippen molar-refractivity contribution in [3.05, 3.63) is 24.3 Å². The highest BCUT2D eigenvalue weighted by atomic mass is 35.5. The fourth-order valence-corrected chi connectivity index (χ4v) is 1.57. The van der Waals surface area contributed by atoms with Crippen LogP contribution in [0.3, 0.4) is 0 Å². The number of nitrogens with one attached hydrogen (secondary N) is 2. The molecule has 6 heteroatoms. The van der Waals surface area contributed by atoms with Crippen LogP contribution in [-0.2, 0) is 4.79 Å².